The van der Waals surface area contributed by atoms with Gasteiger partial charge in [0.05, 0.1) is 12.2 Å². The second kappa shape index (κ2) is 9.13. The summed E-state index contributed by atoms with van der Waals surface area (Å²) in [4.78, 5) is 21.6. The average molecular weight is 378 g/mol. The minimum absolute atomic E-state index is 0.101. The molecule has 4 nitrogen and oxygen atoms in total. The molecule has 0 amide bonds. The number of pyridine rings is 2. The van der Waals surface area contributed by atoms with Crippen LogP contribution >= 0.6 is 0 Å². The molecule has 0 atom stereocenters. The number of carbonyl (C=O) groups excluding carboxylic acids is 1. The first-order valence-electron chi connectivity index (χ1n) is 10.4. The molecule has 2 heterocycles. The lowest BCUT2D eigenvalue weighted by molar-refractivity contribution is 0.0976. The van der Waals surface area contributed by atoms with Crippen molar-refractivity contribution in [3.05, 3.63) is 57.5 Å². The number of nitrogens with zero attached hydrogens (tertiary/aromatic N) is 2. The Kier molecular flexibility index (Phi) is 6.61. The molecule has 0 radical (unpaired) electrons. The van der Waals surface area contributed by atoms with Crippen molar-refractivity contribution >= 4 is 17.6 Å². The first-order chi connectivity index (χ1) is 13.5. The van der Waals surface area contributed by atoms with E-state index in [1.807, 2.05) is 25.4 Å². The lowest BCUT2D eigenvalue weighted by atomic mass is 10.1. The summed E-state index contributed by atoms with van der Waals surface area (Å²) in [5, 5.41) is 5.36. The summed E-state index contributed by atoms with van der Waals surface area (Å²) >= 11 is 0. The fraction of sp³-hybridized carbons (Fsp3) is 0.458. The van der Waals surface area contributed by atoms with E-state index in [0.29, 0.717) is 18.7 Å². The molecule has 0 saturated heterocycles. The van der Waals surface area contributed by atoms with Crippen LogP contribution in [0.15, 0.2) is 24.5 Å². The third kappa shape index (κ3) is 4.67. The molecule has 0 unspecified atom stereocenters. The van der Waals surface area contributed by atoms with Crippen molar-refractivity contribution in [2.75, 3.05) is 0 Å². The topological polar surface area (TPSA) is 54.9 Å². The van der Waals surface area contributed by atoms with Crippen molar-refractivity contribution in [1.82, 2.24) is 15.3 Å². The smallest absolute Gasteiger partial charge is 0.181 e. The quantitative estimate of drug-likeness (QED) is 0.712. The number of Topliss-reactive ketones (excluding diaryl/α,β-unsaturated/α-hetero) is 1. The van der Waals surface area contributed by atoms with Gasteiger partial charge in [0.15, 0.2) is 5.78 Å². The molecule has 3 rings (SSSR count). The summed E-state index contributed by atoms with van der Waals surface area (Å²) in [6.45, 7) is 9.07. The highest BCUT2D eigenvalue weighted by Gasteiger charge is 2.25. The van der Waals surface area contributed by atoms with Crippen LogP contribution in [0.3, 0.4) is 0 Å². The van der Waals surface area contributed by atoms with E-state index in [1.54, 1.807) is 6.20 Å². The third-order valence-electron chi connectivity index (χ3n) is 5.48. The standard InChI is InChI=1S/C24H31N3O/c1-5-7-23(28)24-22(20(10-11-26-24)16(3)6-2)14-25-13-19-12-17(4)21(15-27-19)18-8-9-18/h10-12,14-15,18,25H,5-9,13H2,1-4H3/b20-16-,22-14+. The van der Waals surface area contributed by atoms with E-state index in [9.17, 15) is 4.79 Å². The van der Waals surface area contributed by atoms with E-state index in [0.717, 1.165) is 34.9 Å². The van der Waals surface area contributed by atoms with E-state index in [4.69, 9.17) is 0 Å². The van der Waals surface area contributed by atoms with Crippen molar-refractivity contribution in [2.45, 2.75) is 72.3 Å². The van der Waals surface area contributed by atoms with E-state index >= 15 is 0 Å². The molecule has 0 aromatic carbocycles. The predicted octanol–water partition coefficient (Wildman–Crippen LogP) is 3.75. The summed E-state index contributed by atoms with van der Waals surface area (Å²) in [6, 6.07) is 4.17. The number of nitrogens with one attached hydrogen (secondary N) is 1. The Bertz CT molecular complexity index is 974. The predicted molar refractivity (Wildman–Crippen MR) is 114 cm³/mol. The Morgan fingerprint density at radius 3 is 2.71 bits per heavy atom. The van der Waals surface area contributed by atoms with Crippen LogP contribution in [0.1, 0.15) is 86.1 Å². The van der Waals surface area contributed by atoms with Gasteiger partial charge in [-0.1, -0.05) is 19.4 Å². The summed E-state index contributed by atoms with van der Waals surface area (Å²) in [5.41, 5.74) is 5.55. The van der Waals surface area contributed by atoms with Crippen molar-refractivity contribution in [2.24, 2.45) is 0 Å². The Hall–Kier alpha value is -2.49. The Morgan fingerprint density at radius 1 is 1.29 bits per heavy atom. The van der Waals surface area contributed by atoms with Gasteiger partial charge in [0.1, 0.15) is 5.69 Å². The van der Waals surface area contributed by atoms with E-state index in [2.05, 4.69) is 42.1 Å². The maximum absolute atomic E-state index is 12.6. The van der Waals surface area contributed by atoms with Crippen molar-refractivity contribution in [1.29, 1.82) is 0 Å². The van der Waals surface area contributed by atoms with Crippen LogP contribution in [0.25, 0.3) is 11.8 Å². The van der Waals surface area contributed by atoms with Crippen molar-refractivity contribution in [3.8, 4) is 0 Å². The zero-order valence-corrected chi connectivity index (χ0v) is 17.5. The number of carbonyl (C=O) groups is 1. The second-order valence-electron chi connectivity index (χ2n) is 7.76. The largest absolute Gasteiger partial charge is 0.385 e. The summed E-state index contributed by atoms with van der Waals surface area (Å²) in [6.07, 6.45) is 10.6. The fourth-order valence-corrected chi connectivity index (χ4v) is 3.55. The molecular weight excluding hydrogens is 346 g/mol. The number of hydrogen-bond acceptors (Lipinski definition) is 4. The molecular formula is C24H31N3O. The van der Waals surface area contributed by atoms with Gasteiger partial charge in [-0.3, -0.25) is 14.8 Å². The molecule has 148 valence electrons. The Labute approximate surface area is 167 Å². The molecule has 28 heavy (non-hydrogen) atoms. The van der Waals surface area contributed by atoms with Gasteiger partial charge in [0, 0.05) is 30.2 Å². The lowest BCUT2D eigenvalue weighted by Crippen LogP contribution is -2.35. The summed E-state index contributed by atoms with van der Waals surface area (Å²) in [5.74, 6) is 0.822. The van der Waals surface area contributed by atoms with Gasteiger partial charge in [-0.25, -0.2) is 0 Å². The van der Waals surface area contributed by atoms with Gasteiger partial charge in [-0.05, 0) is 73.9 Å². The molecule has 0 spiro atoms. The molecule has 2 aromatic rings. The van der Waals surface area contributed by atoms with Crippen molar-refractivity contribution < 1.29 is 4.79 Å². The highest BCUT2D eigenvalue weighted by Crippen LogP contribution is 2.41. The van der Waals surface area contributed by atoms with Gasteiger partial charge >= 0.3 is 0 Å². The molecule has 4 heteroatoms. The van der Waals surface area contributed by atoms with E-state index in [1.165, 1.54) is 29.5 Å². The van der Waals surface area contributed by atoms with E-state index in [-0.39, 0.29) is 5.78 Å². The molecule has 1 fully saturated rings. The third-order valence-corrected chi connectivity index (χ3v) is 5.48. The molecule has 1 aliphatic carbocycles. The fourth-order valence-electron chi connectivity index (χ4n) is 3.55. The molecule has 2 aromatic heterocycles. The lowest BCUT2D eigenvalue weighted by Gasteiger charge is -2.08. The van der Waals surface area contributed by atoms with Gasteiger partial charge < -0.3 is 5.32 Å². The molecule has 1 saturated carbocycles. The summed E-state index contributed by atoms with van der Waals surface area (Å²) in [7, 11) is 0. The van der Waals surface area contributed by atoms with Crippen LogP contribution < -0.4 is 15.8 Å². The van der Waals surface area contributed by atoms with E-state index < -0.39 is 0 Å². The van der Waals surface area contributed by atoms with Gasteiger partial charge in [-0.2, -0.15) is 0 Å². The number of ketones is 1. The van der Waals surface area contributed by atoms with Gasteiger partial charge in [0.2, 0.25) is 0 Å². The minimum Gasteiger partial charge on any atom is -0.385 e. The number of aryl methyl sites for hydroxylation is 1. The first-order valence-corrected chi connectivity index (χ1v) is 10.4. The van der Waals surface area contributed by atoms with Crippen LogP contribution in [0.2, 0.25) is 0 Å². The molecule has 1 aliphatic rings. The summed E-state index contributed by atoms with van der Waals surface area (Å²) < 4.78 is 0. The maximum atomic E-state index is 12.6. The molecule has 0 bridgehead atoms. The van der Waals surface area contributed by atoms with Crippen LogP contribution in [-0.4, -0.2) is 15.8 Å². The highest BCUT2D eigenvalue weighted by molar-refractivity contribution is 5.94. The average Bonchev–Trinajstić information content (AvgIpc) is 3.52. The number of hydrogen-bond donors (Lipinski definition) is 1. The zero-order chi connectivity index (χ0) is 20.1. The first kappa shape index (κ1) is 20.2. The van der Waals surface area contributed by atoms with Crippen LogP contribution in [0.5, 0.6) is 0 Å². The van der Waals surface area contributed by atoms with Crippen LogP contribution in [-0.2, 0) is 6.54 Å². The second-order valence-corrected chi connectivity index (χ2v) is 7.76. The number of aromatic nitrogens is 2. The van der Waals surface area contributed by atoms with Gasteiger partial charge in [-0.15, -0.1) is 0 Å². The zero-order valence-electron chi connectivity index (χ0n) is 17.5. The Balaban J connectivity index is 1.90. The maximum Gasteiger partial charge on any atom is 0.181 e. The normalized spacial score (nSPS) is 15.5. The molecule has 1 N–H and O–H groups in total. The van der Waals surface area contributed by atoms with Gasteiger partial charge in [0.25, 0.3) is 0 Å². The van der Waals surface area contributed by atoms with Crippen LogP contribution in [0, 0.1) is 6.92 Å². The Morgan fingerprint density at radius 2 is 2.07 bits per heavy atom. The molecule has 0 aliphatic heterocycles. The minimum atomic E-state index is 0.101. The van der Waals surface area contributed by atoms with Crippen LogP contribution in [0.4, 0.5) is 0 Å². The van der Waals surface area contributed by atoms with Crippen molar-refractivity contribution in [3.63, 3.8) is 0 Å². The monoisotopic (exact) mass is 377 g/mol. The number of rotatable bonds is 8. The SMILES string of the molecule is CCCC(=O)c1nccc(=C(\C)CC)/c1=C\NCc1cc(C)c(C2CC2)cn1. The highest BCUT2D eigenvalue weighted by atomic mass is 16.1.